The summed E-state index contributed by atoms with van der Waals surface area (Å²) in [5, 5.41) is 14.5. The van der Waals surface area contributed by atoms with Crippen molar-refractivity contribution in [3.8, 4) is 0 Å². The maximum absolute atomic E-state index is 11.8. The molecule has 0 aliphatic carbocycles. The van der Waals surface area contributed by atoms with Crippen molar-refractivity contribution in [2.75, 3.05) is 11.1 Å². The van der Waals surface area contributed by atoms with Crippen LogP contribution in [0.1, 0.15) is 10.9 Å². The number of para-hydroxylation sites is 1. The van der Waals surface area contributed by atoms with Crippen molar-refractivity contribution >= 4 is 55.7 Å². The number of nitrogens with one attached hydrogen (secondary N) is 1. The molecule has 1 N–H and O–H groups in total. The first-order valence-corrected chi connectivity index (χ1v) is 10.4. The van der Waals surface area contributed by atoms with E-state index < -0.39 is 0 Å². The SMILES string of the molecule is O=C(CSc1nnc(CCc2nc3ccccc3s2)o1)Nc1nccs1. The predicted molar refractivity (Wildman–Crippen MR) is 103 cm³/mol. The van der Waals surface area contributed by atoms with Gasteiger partial charge in [-0.25, -0.2) is 9.97 Å². The third-order valence-electron chi connectivity index (χ3n) is 3.34. The number of thiazole rings is 2. The number of aromatic nitrogens is 4. The van der Waals surface area contributed by atoms with Gasteiger partial charge >= 0.3 is 0 Å². The second kappa shape index (κ2) is 7.94. The van der Waals surface area contributed by atoms with Crippen LogP contribution in [0.4, 0.5) is 5.13 Å². The highest BCUT2D eigenvalue weighted by Gasteiger charge is 2.12. The number of rotatable bonds is 7. The second-order valence-corrected chi connectivity index (χ2v) is 8.15. The van der Waals surface area contributed by atoms with E-state index >= 15 is 0 Å². The molecule has 10 heteroatoms. The zero-order chi connectivity index (χ0) is 17.8. The topological polar surface area (TPSA) is 93.8 Å². The molecule has 3 heterocycles. The van der Waals surface area contributed by atoms with Gasteiger partial charge < -0.3 is 9.73 Å². The first-order chi connectivity index (χ1) is 12.8. The van der Waals surface area contributed by atoms with Crippen molar-refractivity contribution in [1.29, 1.82) is 0 Å². The van der Waals surface area contributed by atoms with Crippen molar-refractivity contribution in [2.45, 2.75) is 18.1 Å². The lowest BCUT2D eigenvalue weighted by molar-refractivity contribution is -0.113. The minimum atomic E-state index is -0.154. The number of nitrogens with zero attached hydrogens (tertiary/aromatic N) is 4. The molecule has 0 saturated heterocycles. The summed E-state index contributed by atoms with van der Waals surface area (Å²) < 4.78 is 6.77. The van der Waals surface area contributed by atoms with Crippen LogP contribution in [0.2, 0.25) is 0 Å². The molecule has 0 fully saturated rings. The number of anilines is 1. The molecule has 26 heavy (non-hydrogen) atoms. The predicted octanol–water partition coefficient (Wildman–Crippen LogP) is 3.65. The summed E-state index contributed by atoms with van der Waals surface area (Å²) in [5.41, 5.74) is 1.01. The molecule has 4 rings (SSSR count). The molecule has 3 aromatic heterocycles. The number of hydrogen-bond acceptors (Lipinski definition) is 9. The Hall–Kier alpha value is -2.30. The van der Waals surface area contributed by atoms with E-state index in [9.17, 15) is 4.79 Å². The Labute approximate surface area is 160 Å². The summed E-state index contributed by atoms with van der Waals surface area (Å²) in [4.78, 5) is 20.4. The molecule has 0 saturated carbocycles. The molecule has 0 spiro atoms. The summed E-state index contributed by atoms with van der Waals surface area (Å²) >= 11 is 4.26. The zero-order valence-corrected chi connectivity index (χ0v) is 15.9. The fraction of sp³-hybridized carbons (Fsp3) is 0.188. The van der Waals surface area contributed by atoms with Gasteiger partial charge in [-0.05, 0) is 12.1 Å². The molecule has 4 aromatic rings. The molecule has 0 unspecified atom stereocenters. The van der Waals surface area contributed by atoms with Gasteiger partial charge in [0.1, 0.15) is 0 Å². The molecule has 0 radical (unpaired) electrons. The number of carbonyl (C=O) groups excluding carboxylic acids is 1. The van der Waals surface area contributed by atoms with Crippen LogP contribution in [0.15, 0.2) is 45.5 Å². The highest BCUT2D eigenvalue weighted by atomic mass is 32.2. The van der Waals surface area contributed by atoms with Crippen molar-refractivity contribution < 1.29 is 9.21 Å². The molecular formula is C16H13N5O2S3. The lowest BCUT2D eigenvalue weighted by atomic mass is 10.3. The number of hydrogen-bond donors (Lipinski definition) is 1. The first-order valence-electron chi connectivity index (χ1n) is 7.75. The highest BCUT2D eigenvalue weighted by Crippen LogP contribution is 2.23. The number of amides is 1. The van der Waals surface area contributed by atoms with Crippen LogP contribution < -0.4 is 5.32 Å². The van der Waals surface area contributed by atoms with Gasteiger partial charge in [0, 0.05) is 24.4 Å². The molecule has 132 valence electrons. The van der Waals surface area contributed by atoms with E-state index in [1.165, 1.54) is 27.8 Å². The smallest absolute Gasteiger partial charge is 0.277 e. The van der Waals surface area contributed by atoms with Crippen LogP contribution in [-0.4, -0.2) is 31.8 Å². The number of fused-ring (bicyclic) bond motifs is 1. The fourth-order valence-electron chi connectivity index (χ4n) is 2.21. The van der Waals surface area contributed by atoms with Crippen molar-refractivity contribution in [1.82, 2.24) is 20.2 Å². The monoisotopic (exact) mass is 403 g/mol. The Kier molecular flexibility index (Phi) is 5.23. The van der Waals surface area contributed by atoms with E-state index in [1.54, 1.807) is 22.9 Å². The van der Waals surface area contributed by atoms with Gasteiger partial charge in [-0.1, -0.05) is 23.9 Å². The molecular weight excluding hydrogens is 390 g/mol. The molecule has 0 bridgehead atoms. The fourth-order valence-corrected chi connectivity index (χ4v) is 4.30. The minimum Gasteiger partial charge on any atom is -0.416 e. The van der Waals surface area contributed by atoms with Gasteiger partial charge in [0.15, 0.2) is 5.13 Å². The van der Waals surface area contributed by atoms with Crippen LogP contribution in [-0.2, 0) is 17.6 Å². The molecule has 7 nitrogen and oxygen atoms in total. The maximum Gasteiger partial charge on any atom is 0.277 e. The Morgan fingerprint density at radius 2 is 2.15 bits per heavy atom. The van der Waals surface area contributed by atoms with Crippen LogP contribution in [0.3, 0.4) is 0 Å². The summed E-state index contributed by atoms with van der Waals surface area (Å²) in [6.07, 6.45) is 3.01. The van der Waals surface area contributed by atoms with E-state index in [4.69, 9.17) is 4.42 Å². The van der Waals surface area contributed by atoms with Crippen LogP contribution >= 0.6 is 34.4 Å². The van der Waals surface area contributed by atoms with Crippen LogP contribution in [0.25, 0.3) is 10.2 Å². The Morgan fingerprint density at radius 1 is 1.23 bits per heavy atom. The molecule has 1 aromatic carbocycles. The molecule has 0 aliphatic heterocycles. The van der Waals surface area contributed by atoms with E-state index in [0.717, 1.165) is 16.9 Å². The summed E-state index contributed by atoms with van der Waals surface area (Å²) in [7, 11) is 0. The average molecular weight is 404 g/mol. The third-order valence-corrected chi connectivity index (χ3v) is 5.95. The summed E-state index contributed by atoms with van der Waals surface area (Å²) in [5.74, 6) is 0.588. The Morgan fingerprint density at radius 3 is 3.00 bits per heavy atom. The van der Waals surface area contributed by atoms with E-state index in [2.05, 4.69) is 31.5 Å². The largest absolute Gasteiger partial charge is 0.416 e. The van der Waals surface area contributed by atoms with E-state index in [1.807, 2.05) is 18.2 Å². The highest BCUT2D eigenvalue weighted by molar-refractivity contribution is 7.99. The van der Waals surface area contributed by atoms with Crippen molar-refractivity contribution in [3.63, 3.8) is 0 Å². The van der Waals surface area contributed by atoms with Gasteiger partial charge in [0.2, 0.25) is 11.8 Å². The van der Waals surface area contributed by atoms with Gasteiger partial charge in [-0.2, -0.15) is 0 Å². The number of benzene rings is 1. The van der Waals surface area contributed by atoms with Crippen LogP contribution in [0, 0.1) is 0 Å². The Balaban J connectivity index is 1.28. The summed E-state index contributed by atoms with van der Waals surface area (Å²) in [6.45, 7) is 0. The third kappa shape index (κ3) is 4.26. The van der Waals surface area contributed by atoms with Gasteiger partial charge in [0.05, 0.1) is 21.0 Å². The number of aryl methyl sites for hydroxylation is 2. The van der Waals surface area contributed by atoms with Gasteiger partial charge in [0.25, 0.3) is 5.22 Å². The van der Waals surface area contributed by atoms with E-state index in [0.29, 0.717) is 22.7 Å². The molecule has 0 aliphatic rings. The molecule has 0 atom stereocenters. The summed E-state index contributed by atoms with van der Waals surface area (Å²) in [6, 6.07) is 8.07. The van der Waals surface area contributed by atoms with Crippen LogP contribution in [0.5, 0.6) is 0 Å². The molecule has 1 amide bonds. The Bertz CT molecular complexity index is 979. The normalized spacial score (nSPS) is 11.1. The van der Waals surface area contributed by atoms with Gasteiger partial charge in [-0.3, -0.25) is 4.79 Å². The lowest BCUT2D eigenvalue weighted by Crippen LogP contribution is -2.13. The van der Waals surface area contributed by atoms with E-state index in [-0.39, 0.29) is 11.7 Å². The van der Waals surface area contributed by atoms with Gasteiger partial charge in [-0.15, -0.1) is 32.9 Å². The zero-order valence-electron chi connectivity index (χ0n) is 13.4. The van der Waals surface area contributed by atoms with Crippen molar-refractivity contribution in [2.24, 2.45) is 0 Å². The quantitative estimate of drug-likeness (QED) is 0.471. The average Bonchev–Trinajstić information content (AvgIpc) is 3.38. The minimum absolute atomic E-state index is 0.154. The standard InChI is InChI=1S/C16H13N5O2S3/c22-12(19-15-17-7-8-24-15)9-25-16-21-20-13(23-16)5-6-14-18-10-3-1-2-4-11(10)26-14/h1-4,7-8H,5-6,9H2,(H,17,19,22). The first kappa shape index (κ1) is 17.1. The second-order valence-electron chi connectivity index (χ2n) is 5.21. The van der Waals surface area contributed by atoms with Crippen molar-refractivity contribution in [3.05, 3.63) is 46.7 Å². The number of carbonyl (C=O) groups is 1. The lowest BCUT2D eigenvalue weighted by Gasteiger charge is -1.98. The number of thioether (sulfide) groups is 1. The maximum atomic E-state index is 11.8.